The Kier molecular flexibility index (Phi) is 3.73. The van der Waals surface area contributed by atoms with Gasteiger partial charge in [0.05, 0.1) is 5.41 Å². The van der Waals surface area contributed by atoms with Crippen molar-refractivity contribution in [2.45, 2.75) is 37.7 Å². The number of benzene rings is 1. The number of hydrogen-bond donors (Lipinski definition) is 2. The van der Waals surface area contributed by atoms with E-state index in [-0.39, 0.29) is 11.5 Å². The van der Waals surface area contributed by atoms with E-state index >= 15 is 0 Å². The quantitative estimate of drug-likeness (QED) is 0.839. The van der Waals surface area contributed by atoms with Crippen LogP contribution in [0, 0.1) is 0 Å². The van der Waals surface area contributed by atoms with Crippen LogP contribution in [0.15, 0.2) is 18.2 Å². The van der Waals surface area contributed by atoms with Crippen molar-refractivity contribution in [2.24, 2.45) is 0 Å². The number of hydrogen-bond acceptors (Lipinski definition) is 2. The molecule has 0 saturated carbocycles. The van der Waals surface area contributed by atoms with Gasteiger partial charge in [-0.05, 0) is 38.1 Å². The van der Waals surface area contributed by atoms with Crippen molar-refractivity contribution in [1.29, 1.82) is 0 Å². The highest BCUT2D eigenvalue weighted by Gasteiger charge is 2.49. The Morgan fingerprint density at radius 2 is 1.90 bits per heavy atom. The molecule has 21 heavy (non-hydrogen) atoms. The third kappa shape index (κ3) is 2.39. The molecule has 2 N–H and O–H groups in total. The monoisotopic (exact) mass is 304 g/mol. The first-order valence-electron chi connectivity index (χ1n) is 6.41. The van der Waals surface area contributed by atoms with Gasteiger partial charge < -0.3 is 10.6 Å². The Hall–Kier alpha value is -1.63. The third-order valence-corrected chi connectivity index (χ3v) is 3.83. The zero-order valence-corrected chi connectivity index (χ0v) is 11.8. The highest BCUT2D eigenvalue weighted by molar-refractivity contribution is 6.05. The maximum atomic E-state index is 13.6. The molecule has 1 aliphatic heterocycles. The first kappa shape index (κ1) is 15.8. The topological polar surface area (TPSA) is 41.1 Å². The van der Waals surface area contributed by atoms with E-state index in [1.165, 1.54) is 25.2 Å². The molecular formula is C14H16F4N2O. The molecule has 1 heterocycles. The summed E-state index contributed by atoms with van der Waals surface area (Å²) in [6.07, 6.45) is -3.78. The van der Waals surface area contributed by atoms with Crippen LogP contribution >= 0.6 is 0 Å². The Labute approximate surface area is 119 Å². The van der Waals surface area contributed by atoms with Gasteiger partial charge in [-0.25, -0.2) is 8.78 Å². The van der Waals surface area contributed by atoms with E-state index in [0.29, 0.717) is 11.3 Å². The number of alkyl halides is 4. The zero-order chi connectivity index (χ0) is 16.0. The summed E-state index contributed by atoms with van der Waals surface area (Å²) >= 11 is 0. The molecule has 116 valence electrons. The van der Waals surface area contributed by atoms with E-state index in [0.717, 1.165) is 0 Å². The SMILES string of the molecule is CNC(c1ccc2c(c1)C(C)(C)C(=O)N2)C(F)(F)C(F)F. The molecular weight excluding hydrogens is 288 g/mol. The van der Waals surface area contributed by atoms with E-state index < -0.39 is 23.8 Å². The molecule has 0 saturated heterocycles. The fourth-order valence-corrected chi connectivity index (χ4v) is 2.48. The van der Waals surface area contributed by atoms with Gasteiger partial charge in [-0.15, -0.1) is 0 Å². The minimum atomic E-state index is -4.21. The number of halogens is 4. The summed E-state index contributed by atoms with van der Waals surface area (Å²) in [6.45, 7) is 3.30. The van der Waals surface area contributed by atoms with Crippen molar-refractivity contribution in [2.75, 3.05) is 12.4 Å². The Bertz CT molecular complexity index is 572. The van der Waals surface area contributed by atoms with Crippen LogP contribution < -0.4 is 10.6 Å². The lowest BCUT2D eigenvalue weighted by Crippen LogP contribution is -2.41. The van der Waals surface area contributed by atoms with Crippen LogP contribution in [0.5, 0.6) is 0 Å². The fourth-order valence-electron chi connectivity index (χ4n) is 2.48. The third-order valence-electron chi connectivity index (χ3n) is 3.83. The van der Waals surface area contributed by atoms with Crippen molar-refractivity contribution >= 4 is 11.6 Å². The van der Waals surface area contributed by atoms with Crippen molar-refractivity contribution in [1.82, 2.24) is 5.32 Å². The van der Waals surface area contributed by atoms with Gasteiger partial charge >= 0.3 is 12.3 Å². The minimum Gasteiger partial charge on any atom is -0.325 e. The van der Waals surface area contributed by atoms with Gasteiger partial charge in [0, 0.05) is 5.69 Å². The summed E-state index contributed by atoms with van der Waals surface area (Å²) in [4.78, 5) is 11.8. The molecule has 1 amide bonds. The molecule has 1 aromatic rings. The number of nitrogens with one attached hydrogen (secondary N) is 2. The van der Waals surface area contributed by atoms with Crippen molar-refractivity contribution in [3.05, 3.63) is 29.3 Å². The second kappa shape index (κ2) is 4.98. The molecule has 0 bridgehead atoms. The normalized spacial score (nSPS) is 18.6. The molecule has 0 aromatic heterocycles. The summed E-state index contributed by atoms with van der Waals surface area (Å²) in [5, 5.41) is 4.87. The Morgan fingerprint density at radius 1 is 1.29 bits per heavy atom. The van der Waals surface area contributed by atoms with Gasteiger partial charge in [-0.1, -0.05) is 12.1 Å². The molecule has 0 spiro atoms. The van der Waals surface area contributed by atoms with E-state index in [4.69, 9.17) is 0 Å². The lowest BCUT2D eigenvalue weighted by atomic mass is 9.84. The molecule has 3 nitrogen and oxygen atoms in total. The molecule has 0 aliphatic carbocycles. The van der Waals surface area contributed by atoms with Crippen LogP contribution in [0.3, 0.4) is 0 Å². The van der Waals surface area contributed by atoms with Gasteiger partial charge in [-0.2, -0.15) is 8.78 Å². The first-order valence-corrected chi connectivity index (χ1v) is 6.41. The highest BCUT2D eigenvalue weighted by Crippen LogP contribution is 2.42. The summed E-state index contributed by atoms with van der Waals surface area (Å²) in [7, 11) is 1.20. The Morgan fingerprint density at radius 3 is 2.43 bits per heavy atom. The average molecular weight is 304 g/mol. The molecule has 0 radical (unpaired) electrons. The van der Waals surface area contributed by atoms with Crippen molar-refractivity contribution in [3.63, 3.8) is 0 Å². The smallest absolute Gasteiger partial charge is 0.325 e. The van der Waals surface area contributed by atoms with Crippen LogP contribution in [0.25, 0.3) is 0 Å². The summed E-state index contributed by atoms with van der Waals surface area (Å²) < 4.78 is 52.4. The summed E-state index contributed by atoms with van der Waals surface area (Å²) in [5.41, 5.74) is 0.175. The largest absolute Gasteiger partial charge is 0.326 e. The van der Waals surface area contributed by atoms with Crippen LogP contribution in [-0.4, -0.2) is 25.3 Å². The minimum absolute atomic E-state index is 0.0196. The van der Waals surface area contributed by atoms with Crippen LogP contribution in [0.1, 0.15) is 31.0 Å². The number of fused-ring (bicyclic) bond motifs is 1. The van der Waals surface area contributed by atoms with E-state index in [1.54, 1.807) is 13.8 Å². The molecule has 1 unspecified atom stereocenters. The van der Waals surface area contributed by atoms with Crippen molar-refractivity contribution < 1.29 is 22.4 Å². The molecule has 7 heteroatoms. The standard InChI is InChI=1S/C14H16F4N2O/c1-13(2)8-6-7(4-5-9(8)20-12(13)21)10(19-3)14(17,18)11(15)16/h4-6,10-11,19H,1-3H3,(H,20,21). The lowest BCUT2D eigenvalue weighted by molar-refractivity contribution is -0.150. The predicted octanol–water partition coefficient (Wildman–Crippen LogP) is 3.08. The second-order valence-corrected chi connectivity index (χ2v) is 5.58. The number of amides is 1. The van der Waals surface area contributed by atoms with Crippen LogP contribution in [0.2, 0.25) is 0 Å². The average Bonchev–Trinajstić information content (AvgIpc) is 2.61. The molecule has 1 aliphatic rings. The van der Waals surface area contributed by atoms with E-state index in [2.05, 4.69) is 10.6 Å². The highest BCUT2D eigenvalue weighted by atomic mass is 19.3. The van der Waals surface area contributed by atoms with Gasteiger partial charge in [0.2, 0.25) is 5.91 Å². The molecule has 0 fully saturated rings. The van der Waals surface area contributed by atoms with E-state index in [9.17, 15) is 22.4 Å². The van der Waals surface area contributed by atoms with Gasteiger partial charge in [0.25, 0.3) is 0 Å². The van der Waals surface area contributed by atoms with Crippen molar-refractivity contribution in [3.8, 4) is 0 Å². The van der Waals surface area contributed by atoms with Gasteiger partial charge in [-0.3, -0.25) is 4.79 Å². The number of carbonyl (C=O) groups is 1. The molecule has 2 rings (SSSR count). The number of rotatable bonds is 4. The fraction of sp³-hybridized carbons (Fsp3) is 0.500. The number of anilines is 1. The number of carbonyl (C=O) groups excluding carboxylic acids is 1. The maximum Gasteiger partial charge on any atom is 0.326 e. The van der Waals surface area contributed by atoms with E-state index in [1.807, 2.05) is 0 Å². The van der Waals surface area contributed by atoms with Gasteiger partial charge in [0.1, 0.15) is 6.04 Å². The Balaban J connectivity index is 2.48. The second-order valence-electron chi connectivity index (χ2n) is 5.58. The lowest BCUT2D eigenvalue weighted by Gasteiger charge is -2.27. The van der Waals surface area contributed by atoms with Crippen LogP contribution in [0.4, 0.5) is 23.2 Å². The maximum absolute atomic E-state index is 13.6. The molecule has 1 aromatic carbocycles. The van der Waals surface area contributed by atoms with Crippen LogP contribution in [-0.2, 0) is 10.2 Å². The summed E-state index contributed by atoms with van der Waals surface area (Å²) in [5.74, 6) is -4.46. The van der Waals surface area contributed by atoms with Gasteiger partial charge in [0.15, 0.2) is 0 Å². The first-order chi connectivity index (χ1) is 9.62. The predicted molar refractivity (Wildman–Crippen MR) is 70.8 cm³/mol. The molecule has 1 atom stereocenters. The summed E-state index contributed by atoms with van der Waals surface area (Å²) in [6, 6.07) is 2.33. The zero-order valence-electron chi connectivity index (χ0n) is 11.8.